The Morgan fingerprint density at radius 2 is 2.11 bits per heavy atom. The Kier molecular flexibility index (Phi) is 4.80. The molecule has 0 fully saturated rings. The van der Waals surface area contributed by atoms with Crippen LogP contribution in [0.1, 0.15) is 25.6 Å². The van der Waals surface area contributed by atoms with Crippen molar-refractivity contribution in [2.45, 2.75) is 39.3 Å². The molecule has 0 aliphatic rings. The molecule has 1 aromatic heterocycles. The number of aromatic amines is 1. The summed E-state index contributed by atoms with van der Waals surface area (Å²) in [6.07, 6.45) is -1.83. The van der Waals surface area contributed by atoms with Gasteiger partial charge in [0.2, 0.25) is 0 Å². The summed E-state index contributed by atoms with van der Waals surface area (Å²) in [5, 5.41) is 8.95. The van der Waals surface area contributed by atoms with Crippen molar-refractivity contribution in [3.63, 3.8) is 0 Å². The standard InChI is InChI=1S/C11H17FN2O4/c1-6-4-14(11(17)13-10(6)16)8(3)18-9(5-15)7(2)12/h4,7-9,15H,5H2,1-3H3,(H,13,16,17)/t7-,8+,9+/m0/s1. The highest BCUT2D eigenvalue weighted by Gasteiger charge is 2.20. The molecule has 102 valence electrons. The third kappa shape index (κ3) is 3.27. The van der Waals surface area contributed by atoms with Gasteiger partial charge in [-0.15, -0.1) is 0 Å². The van der Waals surface area contributed by atoms with E-state index in [0.717, 1.165) is 4.57 Å². The average molecular weight is 260 g/mol. The first-order valence-electron chi connectivity index (χ1n) is 5.59. The number of aliphatic hydroxyl groups excluding tert-OH is 1. The smallest absolute Gasteiger partial charge is 0.330 e. The van der Waals surface area contributed by atoms with Crippen molar-refractivity contribution in [3.05, 3.63) is 32.6 Å². The van der Waals surface area contributed by atoms with Gasteiger partial charge in [-0.25, -0.2) is 9.18 Å². The summed E-state index contributed by atoms with van der Waals surface area (Å²) in [5.41, 5.74) is -0.763. The topological polar surface area (TPSA) is 84.3 Å². The van der Waals surface area contributed by atoms with Gasteiger partial charge in [-0.05, 0) is 20.8 Å². The van der Waals surface area contributed by atoms with E-state index in [1.807, 2.05) is 0 Å². The molecule has 0 aromatic carbocycles. The summed E-state index contributed by atoms with van der Waals surface area (Å²) in [7, 11) is 0. The van der Waals surface area contributed by atoms with Crippen molar-refractivity contribution < 1.29 is 14.2 Å². The maximum absolute atomic E-state index is 13.1. The number of hydrogen-bond donors (Lipinski definition) is 2. The van der Waals surface area contributed by atoms with E-state index < -0.39 is 36.4 Å². The molecular formula is C11H17FN2O4. The van der Waals surface area contributed by atoms with Crippen LogP contribution in [0.4, 0.5) is 4.39 Å². The van der Waals surface area contributed by atoms with E-state index in [0.29, 0.717) is 5.56 Å². The molecule has 2 N–H and O–H groups in total. The number of nitrogens with one attached hydrogen (secondary N) is 1. The zero-order valence-electron chi connectivity index (χ0n) is 10.5. The maximum Gasteiger partial charge on any atom is 0.330 e. The molecule has 7 heteroatoms. The largest absolute Gasteiger partial charge is 0.394 e. The van der Waals surface area contributed by atoms with Crippen LogP contribution in [0.5, 0.6) is 0 Å². The Labute approximate surface area is 103 Å². The van der Waals surface area contributed by atoms with Crippen molar-refractivity contribution >= 4 is 0 Å². The van der Waals surface area contributed by atoms with Gasteiger partial charge in [-0.3, -0.25) is 14.3 Å². The summed E-state index contributed by atoms with van der Waals surface area (Å²) in [4.78, 5) is 24.9. The summed E-state index contributed by atoms with van der Waals surface area (Å²) >= 11 is 0. The molecule has 0 aliphatic carbocycles. The van der Waals surface area contributed by atoms with Crippen molar-refractivity contribution in [2.75, 3.05) is 6.61 Å². The molecular weight excluding hydrogens is 243 g/mol. The number of aryl methyl sites for hydroxylation is 1. The molecule has 0 saturated heterocycles. The predicted molar refractivity (Wildman–Crippen MR) is 63.3 cm³/mol. The van der Waals surface area contributed by atoms with Crippen LogP contribution in [0.3, 0.4) is 0 Å². The average Bonchev–Trinajstić information content (AvgIpc) is 2.29. The molecule has 1 heterocycles. The minimum Gasteiger partial charge on any atom is -0.394 e. The van der Waals surface area contributed by atoms with Gasteiger partial charge in [0.1, 0.15) is 18.5 Å². The van der Waals surface area contributed by atoms with E-state index in [9.17, 15) is 14.0 Å². The maximum atomic E-state index is 13.1. The first kappa shape index (κ1) is 14.6. The quantitative estimate of drug-likeness (QED) is 0.786. The van der Waals surface area contributed by atoms with Crippen molar-refractivity contribution in [1.29, 1.82) is 0 Å². The molecule has 0 aliphatic heterocycles. The number of halogens is 1. The predicted octanol–water partition coefficient (Wildman–Crippen LogP) is 0.0990. The summed E-state index contributed by atoms with van der Waals surface area (Å²) < 4.78 is 19.4. The molecule has 0 radical (unpaired) electrons. The van der Waals surface area contributed by atoms with Gasteiger partial charge < -0.3 is 9.84 Å². The number of H-pyrrole nitrogens is 1. The molecule has 3 atom stereocenters. The minimum atomic E-state index is -1.36. The molecule has 0 unspecified atom stereocenters. The lowest BCUT2D eigenvalue weighted by Gasteiger charge is -2.23. The van der Waals surface area contributed by atoms with Crippen LogP contribution < -0.4 is 11.2 Å². The Balaban J connectivity index is 2.97. The lowest BCUT2D eigenvalue weighted by molar-refractivity contribution is -0.0951. The van der Waals surface area contributed by atoms with E-state index in [-0.39, 0.29) is 0 Å². The molecule has 1 rings (SSSR count). The number of hydrogen-bond acceptors (Lipinski definition) is 4. The first-order chi connectivity index (χ1) is 8.36. The number of rotatable bonds is 5. The van der Waals surface area contributed by atoms with Gasteiger partial charge in [0.15, 0.2) is 0 Å². The van der Waals surface area contributed by atoms with Crippen LogP contribution >= 0.6 is 0 Å². The second-order valence-electron chi connectivity index (χ2n) is 4.11. The van der Waals surface area contributed by atoms with Crippen LogP contribution in [0.25, 0.3) is 0 Å². The molecule has 6 nitrogen and oxygen atoms in total. The van der Waals surface area contributed by atoms with Crippen LogP contribution in [0, 0.1) is 6.92 Å². The van der Waals surface area contributed by atoms with Gasteiger partial charge in [0.25, 0.3) is 5.56 Å². The number of nitrogens with zero attached hydrogens (tertiary/aromatic N) is 1. The highest BCUT2D eigenvalue weighted by Crippen LogP contribution is 2.12. The fourth-order valence-corrected chi connectivity index (χ4v) is 1.47. The van der Waals surface area contributed by atoms with E-state index >= 15 is 0 Å². The normalized spacial score (nSPS) is 16.3. The van der Waals surface area contributed by atoms with Crippen LogP contribution in [-0.4, -0.2) is 33.5 Å². The first-order valence-corrected chi connectivity index (χ1v) is 5.59. The second kappa shape index (κ2) is 5.92. The van der Waals surface area contributed by atoms with Crippen molar-refractivity contribution in [3.8, 4) is 0 Å². The molecule has 18 heavy (non-hydrogen) atoms. The van der Waals surface area contributed by atoms with E-state index in [1.165, 1.54) is 20.0 Å². The Bertz CT molecular complexity index is 509. The van der Waals surface area contributed by atoms with Crippen LogP contribution in [0.15, 0.2) is 15.8 Å². The highest BCUT2D eigenvalue weighted by molar-refractivity contribution is 5.01. The van der Waals surface area contributed by atoms with Gasteiger partial charge in [0, 0.05) is 11.8 Å². The zero-order chi connectivity index (χ0) is 13.9. The van der Waals surface area contributed by atoms with Crippen molar-refractivity contribution in [1.82, 2.24) is 9.55 Å². The third-order valence-electron chi connectivity index (χ3n) is 2.60. The fourth-order valence-electron chi connectivity index (χ4n) is 1.47. The SMILES string of the molecule is Cc1cn([C@@H](C)O[C@H](CO)[C@H](C)F)c(=O)[nH]c1=O. The molecule has 0 spiro atoms. The molecule has 0 bridgehead atoms. The van der Waals surface area contributed by atoms with Gasteiger partial charge in [-0.2, -0.15) is 0 Å². The Hall–Kier alpha value is -1.47. The molecule has 0 saturated carbocycles. The van der Waals surface area contributed by atoms with Gasteiger partial charge in [-0.1, -0.05) is 0 Å². The van der Waals surface area contributed by atoms with E-state index in [4.69, 9.17) is 9.84 Å². The lowest BCUT2D eigenvalue weighted by atomic mass is 10.2. The summed E-state index contributed by atoms with van der Waals surface area (Å²) in [5.74, 6) is 0. The monoisotopic (exact) mass is 260 g/mol. The minimum absolute atomic E-state index is 0.346. The lowest BCUT2D eigenvalue weighted by Crippen LogP contribution is -2.37. The Morgan fingerprint density at radius 3 is 2.61 bits per heavy atom. The third-order valence-corrected chi connectivity index (χ3v) is 2.60. The molecule has 0 amide bonds. The zero-order valence-corrected chi connectivity index (χ0v) is 10.5. The van der Waals surface area contributed by atoms with Crippen LogP contribution in [0.2, 0.25) is 0 Å². The highest BCUT2D eigenvalue weighted by atomic mass is 19.1. The summed E-state index contributed by atoms with van der Waals surface area (Å²) in [6.45, 7) is 3.85. The number of aromatic nitrogens is 2. The second-order valence-corrected chi connectivity index (χ2v) is 4.11. The fraction of sp³-hybridized carbons (Fsp3) is 0.636. The summed E-state index contributed by atoms with van der Waals surface area (Å²) in [6, 6.07) is 0. The number of alkyl halides is 1. The number of aliphatic hydroxyl groups is 1. The van der Waals surface area contributed by atoms with E-state index in [1.54, 1.807) is 6.92 Å². The van der Waals surface area contributed by atoms with Gasteiger partial charge in [0.05, 0.1) is 6.61 Å². The number of ether oxygens (including phenoxy) is 1. The van der Waals surface area contributed by atoms with E-state index in [2.05, 4.69) is 4.98 Å². The van der Waals surface area contributed by atoms with Gasteiger partial charge >= 0.3 is 5.69 Å². The van der Waals surface area contributed by atoms with Crippen molar-refractivity contribution in [2.24, 2.45) is 0 Å². The molecule has 1 aromatic rings. The van der Waals surface area contributed by atoms with Crippen LogP contribution in [-0.2, 0) is 4.74 Å². The Morgan fingerprint density at radius 1 is 1.50 bits per heavy atom.